The Bertz CT molecular complexity index is 231. The number of amides is 1. The molecule has 3 nitrogen and oxygen atoms in total. The molecule has 0 aromatic heterocycles. The largest absolute Gasteiger partial charge is 0.342 e. The second-order valence-corrected chi connectivity index (χ2v) is 5.57. The SMILES string of the molecule is CCCCCCCCC(=O)N1CCC(CNC)C1. The quantitative estimate of drug-likeness (QED) is 0.642. The summed E-state index contributed by atoms with van der Waals surface area (Å²) in [5, 5.41) is 3.20. The van der Waals surface area contributed by atoms with E-state index in [0.29, 0.717) is 11.8 Å². The van der Waals surface area contributed by atoms with Crippen LogP contribution in [0.3, 0.4) is 0 Å². The molecule has 1 unspecified atom stereocenters. The molecule has 106 valence electrons. The van der Waals surface area contributed by atoms with Crippen molar-refractivity contribution >= 4 is 5.91 Å². The van der Waals surface area contributed by atoms with Crippen LogP contribution in [0.2, 0.25) is 0 Å². The van der Waals surface area contributed by atoms with Crippen LogP contribution in [0.5, 0.6) is 0 Å². The lowest BCUT2D eigenvalue weighted by Gasteiger charge is -2.16. The summed E-state index contributed by atoms with van der Waals surface area (Å²) in [7, 11) is 1.99. The molecule has 1 amide bonds. The Balaban J connectivity index is 2.03. The molecule has 18 heavy (non-hydrogen) atoms. The highest BCUT2D eigenvalue weighted by molar-refractivity contribution is 5.76. The summed E-state index contributed by atoms with van der Waals surface area (Å²) in [6.45, 7) is 5.22. The normalized spacial score (nSPS) is 19.4. The molecule has 0 aromatic rings. The van der Waals surface area contributed by atoms with E-state index in [0.717, 1.165) is 32.5 Å². The van der Waals surface area contributed by atoms with Crippen molar-refractivity contribution in [3.63, 3.8) is 0 Å². The minimum Gasteiger partial charge on any atom is -0.342 e. The van der Waals surface area contributed by atoms with E-state index in [-0.39, 0.29) is 0 Å². The van der Waals surface area contributed by atoms with Crippen molar-refractivity contribution in [2.75, 3.05) is 26.7 Å². The number of nitrogens with one attached hydrogen (secondary N) is 1. The Hall–Kier alpha value is -0.570. The number of hydrogen-bond donors (Lipinski definition) is 1. The van der Waals surface area contributed by atoms with Gasteiger partial charge in [0.1, 0.15) is 0 Å². The molecule has 3 heteroatoms. The van der Waals surface area contributed by atoms with Gasteiger partial charge in [-0.3, -0.25) is 4.79 Å². The average molecular weight is 254 g/mol. The molecule has 0 aromatic carbocycles. The van der Waals surface area contributed by atoms with Crippen molar-refractivity contribution in [2.24, 2.45) is 5.92 Å². The van der Waals surface area contributed by atoms with Gasteiger partial charge >= 0.3 is 0 Å². The first-order chi connectivity index (χ1) is 8.77. The van der Waals surface area contributed by atoms with E-state index in [1.54, 1.807) is 0 Å². The Morgan fingerprint density at radius 2 is 1.94 bits per heavy atom. The molecule has 1 rings (SSSR count). The molecule has 1 aliphatic rings. The van der Waals surface area contributed by atoms with Crippen LogP contribution in [-0.2, 0) is 4.79 Å². The number of rotatable bonds is 9. The van der Waals surface area contributed by atoms with Gasteiger partial charge in [0.15, 0.2) is 0 Å². The third kappa shape index (κ3) is 5.85. The summed E-state index contributed by atoms with van der Waals surface area (Å²) in [5.74, 6) is 1.05. The van der Waals surface area contributed by atoms with Gasteiger partial charge in [-0.25, -0.2) is 0 Å². The standard InChI is InChI=1S/C15H30N2O/c1-3-4-5-6-7-8-9-15(18)17-11-10-14(13-17)12-16-2/h14,16H,3-13H2,1-2H3. The fourth-order valence-corrected chi connectivity index (χ4v) is 2.73. The zero-order valence-corrected chi connectivity index (χ0v) is 12.2. The molecule has 0 aliphatic carbocycles. The third-order valence-electron chi connectivity index (χ3n) is 3.88. The van der Waals surface area contributed by atoms with Gasteiger partial charge in [-0.1, -0.05) is 39.0 Å². The third-order valence-corrected chi connectivity index (χ3v) is 3.88. The molecule has 1 atom stereocenters. The maximum atomic E-state index is 12.0. The van der Waals surface area contributed by atoms with Crippen molar-refractivity contribution in [3.05, 3.63) is 0 Å². The van der Waals surface area contributed by atoms with Crippen LogP contribution in [0, 0.1) is 5.92 Å². The van der Waals surface area contributed by atoms with Gasteiger partial charge in [0.05, 0.1) is 0 Å². The number of hydrogen-bond acceptors (Lipinski definition) is 2. The van der Waals surface area contributed by atoms with Gasteiger partial charge in [-0.2, -0.15) is 0 Å². The predicted molar refractivity (Wildman–Crippen MR) is 76.6 cm³/mol. The molecular formula is C15H30N2O. The Morgan fingerprint density at radius 1 is 1.22 bits per heavy atom. The van der Waals surface area contributed by atoms with Crippen LogP contribution in [-0.4, -0.2) is 37.5 Å². The van der Waals surface area contributed by atoms with E-state index >= 15 is 0 Å². The maximum Gasteiger partial charge on any atom is 0.222 e. The summed E-state index contributed by atoms with van der Waals surface area (Å²) in [6.07, 6.45) is 9.49. The van der Waals surface area contributed by atoms with Gasteiger partial charge in [-0.05, 0) is 32.4 Å². The molecule has 0 bridgehead atoms. The molecule has 1 aliphatic heterocycles. The summed E-state index contributed by atoms with van der Waals surface area (Å²) < 4.78 is 0. The summed E-state index contributed by atoms with van der Waals surface area (Å²) in [6, 6.07) is 0. The molecule has 1 saturated heterocycles. The van der Waals surface area contributed by atoms with Gasteiger partial charge in [0, 0.05) is 19.5 Å². The van der Waals surface area contributed by atoms with Gasteiger partial charge in [0.25, 0.3) is 0 Å². The fourth-order valence-electron chi connectivity index (χ4n) is 2.73. The highest BCUT2D eigenvalue weighted by Crippen LogP contribution is 2.17. The molecule has 1 fully saturated rings. The van der Waals surface area contributed by atoms with Gasteiger partial charge in [0.2, 0.25) is 5.91 Å². The molecule has 0 spiro atoms. The van der Waals surface area contributed by atoms with E-state index in [1.165, 1.54) is 38.5 Å². The first-order valence-electron chi connectivity index (χ1n) is 7.70. The van der Waals surface area contributed by atoms with Gasteiger partial charge < -0.3 is 10.2 Å². The first-order valence-corrected chi connectivity index (χ1v) is 7.70. The first kappa shape index (κ1) is 15.5. The van der Waals surface area contributed by atoms with E-state index in [9.17, 15) is 4.79 Å². The van der Waals surface area contributed by atoms with Crippen LogP contribution in [0.1, 0.15) is 58.3 Å². The van der Waals surface area contributed by atoms with E-state index in [2.05, 4.69) is 17.1 Å². The molecule has 0 saturated carbocycles. The van der Waals surface area contributed by atoms with Crippen molar-refractivity contribution in [2.45, 2.75) is 58.3 Å². The number of nitrogens with zero attached hydrogens (tertiary/aromatic N) is 1. The molecule has 0 radical (unpaired) electrons. The highest BCUT2D eigenvalue weighted by atomic mass is 16.2. The van der Waals surface area contributed by atoms with Gasteiger partial charge in [-0.15, -0.1) is 0 Å². The predicted octanol–water partition coefficient (Wildman–Crippen LogP) is 2.80. The maximum absolute atomic E-state index is 12.0. The summed E-state index contributed by atoms with van der Waals surface area (Å²) >= 11 is 0. The lowest BCUT2D eigenvalue weighted by molar-refractivity contribution is -0.130. The van der Waals surface area contributed by atoms with Crippen LogP contribution >= 0.6 is 0 Å². The number of unbranched alkanes of at least 4 members (excludes halogenated alkanes) is 5. The van der Waals surface area contributed by atoms with Crippen molar-refractivity contribution in [1.82, 2.24) is 10.2 Å². The van der Waals surface area contributed by atoms with Crippen molar-refractivity contribution in [3.8, 4) is 0 Å². The molecule has 1 heterocycles. The number of likely N-dealkylation sites (tertiary alicyclic amines) is 1. The van der Waals surface area contributed by atoms with Crippen LogP contribution in [0.4, 0.5) is 0 Å². The van der Waals surface area contributed by atoms with E-state index in [4.69, 9.17) is 0 Å². The minimum atomic E-state index is 0.379. The Kier molecular flexibility index (Phi) is 8.06. The van der Waals surface area contributed by atoms with Crippen LogP contribution < -0.4 is 5.32 Å². The van der Waals surface area contributed by atoms with E-state index < -0.39 is 0 Å². The monoisotopic (exact) mass is 254 g/mol. The second kappa shape index (κ2) is 9.37. The smallest absolute Gasteiger partial charge is 0.222 e. The Morgan fingerprint density at radius 3 is 2.67 bits per heavy atom. The lowest BCUT2D eigenvalue weighted by atomic mass is 10.1. The number of carbonyl (C=O) groups is 1. The van der Waals surface area contributed by atoms with Crippen molar-refractivity contribution in [1.29, 1.82) is 0 Å². The zero-order valence-electron chi connectivity index (χ0n) is 12.2. The fraction of sp³-hybridized carbons (Fsp3) is 0.933. The average Bonchev–Trinajstić information content (AvgIpc) is 2.82. The van der Waals surface area contributed by atoms with Crippen molar-refractivity contribution < 1.29 is 4.79 Å². The zero-order chi connectivity index (χ0) is 13.2. The molecule has 1 N–H and O–H groups in total. The highest BCUT2D eigenvalue weighted by Gasteiger charge is 2.24. The summed E-state index contributed by atoms with van der Waals surface area (Å²) in [4.78, 5) is 14.1. The number of carbonyl (C=O) groups excluding carboxylic acids is 1. The van der Waals surface area contributed by atoms with Crippen LogP contribution in [0.15, 0.2) is 0 Å². The Labute approximate surface area is 112 Å². The van der Waals surface area contributed by atoms with Crippen LogP contribution in [0.25, 0.3) is 0 Å². The minimum absolute atomic E-state index is 0.379. The second-order valence-electron chi connectivity index (χ2n) is 5.57. The topological polar surface area (TPSA) is 32.3 Å². The van der Waals surface area contributed by atoms with E-state index in [1.807, 2.05) is 7.05 Å². The summed E-state index contributed by atoms with van der Waals surface area (Å²) in [5.41, 5.74) is 0. The molecular weight excluding hydrogens is 224 g/mol. The lowest BCUT2D eigenvalue weighted by Crippen LogP contribution is -2.30.